The van der Waals surface area contributed by atoms with Gasteiger partial charge in [-0.25, -0.2) is 4.98 Å². The number of aromatic nitrogens is 1. The summed E-state index contributed by atoms with van der Waals surface area (Å²) in [5.74, 6) is -0.320. The zero-order valence-electron chi connectivity index (χ0n) is 31.2. The van der Waals surface area contributed by atoms with Gasteiger partial charge in [0.2, 0.25) is 11.8 Å². The third-order valence-electron chi connectivity index (χ3n) is 11.5. The number of hydrogen-bond donors (Lipinski definition) is 1. The van der Waals surface area contributed by atoms with Crippen molar-refractivity contribution in [2.45, 2.75) is 78.0 Å². The predicted octanol–water partition coefficient (Wildman–Crippen LogP) is 5.39. The number of amides is 5. The molecule has 1 atom stereocenters. The lowest BCUT2D eigenvalue weighted by Gasteiger charge is -2.65. The van der Waals surface area contributed by atoms with Crippen LogP contribution in [0.15, 0.2) is 54.7 Å². The van der Waals surface area contributed by atoms with Gasteiger partial charge in [-0.1, -0.05) is 39.3 Å². The Morgan fingerprint density at radius 2 is 1.65 bits per heavy atom. The lowest BCUT2D eigenvalue weighted by atomic mass is 9.48. The number of ether oxygens (including phenoxy) is 2. The zero-order valence-corrected chi connectivity index (χ0v) is 32.0. The number of imide groups is 2. The van der Waals surface area contributed by atoms with Crippen molar-refractivity contribution in [3.05, 3.63) is 82.0 Å². The summed E-state index contributed by atoms with van der Waals surface area (Å²) in [6, 6.07) is 13.4. The van der Waals surface area contributed by atoms with Crippen LogP contribution in [0.1, 0.15) is 96.4 Å². The molecule has 2 aromatic carbocycles. The molecule has 0 radical (unpaired) electrons. The van der Waals surface area contributed by atoms with E-state index in [2.05, 4.69) is 9.88 Å². The third kappa shape index (κ3) is 6.66. The molecule has 1 unspecified atom stereocenters. The number of anilines is 1. The summed E-state index contributed by atoms with van der Waals surface area (Å²) in [5.41, 5.74) is 4.95. The van der Waals surface area contributed by atoms with Crippen LogP contribution in [0.25, 0.3) is 0 Å². The van der Waals surface area contributed by atoms with Crippen LogP contribution in [0.4, 0.5) is 5.82 Å². The fourth-order valence-corrected chi connectivity index (χ4v) is 9.38. The van der Waals surface area contributed by atoms with E-state index in [1.807, 2.05) is 33.8 Å². The lowest BCUT2D eigenvalue weighted by Crippen LogP contribution is -2.77. The molecule has 3 fully saturated rings. The van der Waals surface area contributed by atoms with Crippen molar-refractivity contribution in [3.8, 4) is 17.6 Å². The number of benzene rings is 2. The van der Waals surface area contributed by atoms with E-state index in [9.17, 15) is 29.2 Å². The van der Waals surface area contributed by atoms with E-state index in [4.69, 9.17) is 26.8 Å². The van der Waals surface area contributed by atoms with E-state index in [1.165, 1.54) is 11.1 Å². The standard InChI is InChI=1S/C41H43ClN6O7/c1-40(2)38(41(3,4)39(40)55-27-10-8-24(19-43)30(42)18-27)48-33(49)15-13-31(37(48)53)47-35(51)28-12-11-26(17-29(28)36(47)52)54-16-6-5-7-23-21-46(22-23)32-14-9-25(20-45-32)34(44)50/h8-12,14,17-18,20,23,31,38-39H,5-7,13,15-16,21-22H2,1-4H3,(H2,44,50). The fourth-order valence-electron chi connectivity index (χ4n) is 9.17. The number of pyridine rings is 1. The van der Waals surface area contributed by atoms with E-state index in [1.54, 1.807) is 48.5 Å². The maximum Gasteiger partial charge on any atom is 0.262 e. The highest BCUT2D eigenvalue weighted by Crippen LogP contribution is 2.58. The Morgan fingerprint density at radius 1 is 0.945 bits per heavy atom. The molecule has 5 amide bonds. The molecule has 7 rings (SSSR count). The highest BCUT2D eigenvalue weighted by Gasteiger charge is 2.68. The maximum atomic E-state index is 14.2. The highest BCUT2D eigenvalue weighted by molar-refractivity contribution is 6.31. The third-order valence-corrected chi connectivity index (χ3v) is 11.9. The van der Waals surface area contributed by atoms with Crippen molar-refractivity contribution in [3.63, 3.8) is 0 Å². The number of primary amides is 1. The Kier molecular flexibility index (Phi) is 9.84. The van der Waals surface area contributed by atoms with Gasteiger partial charge in [0, 0.05) is 42.6 Å². The molecule has 0 bridgehead atoms. The van der Waals surface area contributed by atoms with E-state index in [0.29, 0.717) is 35.2 Å². The van der Waals surface area contributed by atoms with Crippen LogP contribution in [0.5, 0.6) is 11.5 Å². The molecule has 14 heteroatoms. The minimum atomic E-state index is -1.13. The second-order valence-electron chi connectivity index (χ2n) is 16.0. The first-order chi connectivity index (χ1) is 26.1. The maximum absolute atomic E-state index is 14.2. The molecule has 3 aromatic rings. The highest BCUT2D eigenvalue weighted by atomic mass is 35.5. The molecule has 2 N–H and O–H groups in total. The topological polar surface area (TPSA) is 176 Å². The van der Waals surface area contributed by atoms with Crippen molar-refractivity contribution >= 4 is 47.0 Å². The molecule has 4 aliphatic rings. The second kappa shape index (κ2) is 14.3. The van der Waals surface area contributed by atoms with Crippen LogP contribution in [0, 0.1) is 28.1 Å². The van der Waals surface area contributed by atoms with Gasteiger partial charge in [0.1, 0.15) is 35.5 Å². The Balaban J connectivity index is 0.942. The van der Waals surface area contributed by atoms with Crippen LogP contribution in [-0.4, -0.2) is 82.2 Å². The summed E-state index contributed by atoms with van der Waals surface area (Å²) in [4.78, 5) is 75.2. The number of fused-ring (bicyclic) bond motifs is 1. The van der Waals surface area contributed by atoms with E-state index in [-0.39, 0.29) is 34.9 Å². The number of piperidine rings is 1. The normalized spacial score (nSPS) is 22.8. The number of carbonyl (C=O) groups is 5. The number of nitrogens with zero attached hydrogens (tertiary/aromatic N) is 5. The van der Waals surface area contributed by atoms with E-state index < -0.39 is 52.6 Å². The molecule has 1 saturated carbocycles. The van der Waals surface area contributed by atoms with Crippen molar-refractivity contribution in [1.82, 2.24) is 14.8 Å². The number of hydrogen-bond acceptors (Lipinski definition) is 10. The lowest BCUT2D eigenvalue weighted by molar-refractivity contribution is -0.216. The predicted molar refractivity (Wildman–Crippen MR) is 202 cm³/mol. The number of nitrogens with two attached hydrogens (primary N) is 1. The molecule has 2 saturated heterocycles. The molecule has 13 nitrogen and oxygen atoms in total. The van der Waals surface area contributed by atoms with Gasteiger partial charge in [0.15, 0.2) is 0 Å². The number of halogens is 1. The smallest absolute Gasteiger partial charge is 0.262 e. The molecule has 1 aromatic heterocycles. The SMILES string of the molecule is CC1(C)C(Oc2ccc(C#N)c(Cl)c2)C(C)(C)C1N1C(=O)CCC(N2C(=O)c3ccc(OCCCCC4CN(c5ccc(C(N)=O)cn5)C4)cc3C2=O)C1=O. The monoisotopic (exact) mass is 766 g/mol. The summed E-state index contributed by atoms with van der Waals surface area (Å²) in [6.45, 7) is 9.88. The number of nitriles is 1. The van der Waals surface area contributed by atoms with E-state index >= 15 is 0 Å². The average molecular weight is 767 g/mol. The Bertz CT molecular complexity index is 2110. The van der Waals surface area contributed by atoms with Crippen LogP contribution < -0.4 is 20.1 Å². The molecule has 0 spiro atoms. The average Bonchev–Trinajstić information content (AvgIpc) is 3.37. The molecule has 1 aliphatic carbocycles. The van der Waals surface area contributed by atoms with Crippen molar-refractivity contribution < 1.29 is 33.4 Å². The van der Waals surface area contributed by atoms with Gasteiger partial charge < -0.3 is 20.1 Å². The van der Waals surface area contributed by atoms with Crippen molar-refractivity contribution in [2.24, 2.45) is 22.5 Å². The van der Waals surface area contributed by atoms with Crippen molar-refractivity contribution in [1.29, 1.82) is 5.26 Å². The van der Waals surface area contributed by atoms with Crippen LogP contribution in [0.2, 0.25) is 5.02 Å². The summed E-state index contributed by atoms with van der Waals surface area (Å²) in [5, 5.41) is 9.51. The Morgan fingerprint density at radius 3 is 2.31 bits per heavy atom. The summed E-state index contributed by atoms with van der Waals surface area (Å²) in [7, 11) is 0. The van der Waals surface area contributed by atoms with Crippen molar-refractivity contribution in [2.75, 3.05) is 24.6 Å². The molecule has 55 heavy (non-hydrogen) atoms. The number of carbonyl (C=O) groups excluding carboxylic acids is 5. The summed E-state index contributed by atoms with van der Waals surface area (Å²) >= 11 is 6.25. The zero-order chi connectivity index (χ0) is 39.4. The van der Waals surface area contributed by atoms with Crippen LogP contribution >= 0.6 is 11.6 Å². The minimum absolute atomic E-state index is 0.00256. The van der Waals surface area contributed by atoms with Gasteiger partial charge in [-0.05, 0) is 74.1 Å². The summed E-state index contributed by atoms with van der Waals surface area (Å²) < 4.78 is 12.3. The Labute approximate surface area is 324 Å². The number of rotatable bonds is 12. The first-order valence-corrected chi connectivity index (χ1v) is 18.9. The van der Waals surface area contributed by atoms with Gasteiger partial charge in [-0.3, -0.25) is 33.8 Å². The molecular formula is C41H43ClN6O7. The van der Waals surface area contributed by atoms with Gasteiger partial charge in [-0.15, -0.1) is 0 Å². The van der Waals surface area contributed by atoms with Crippen LogP contribution in [-0.2, 0) is 9.59 Å². The van der Waals surface area contributed by atoms with Gasteiger partial charge in [-0.2, -0.15) is 5.26 Å². The second-order valence-corrected chi connectivity index (χ2v) is 16.4. The van der Waals surface area contributed by atoms with Gasteiger partial charge in [0.25, 0.3) is 17.7 Å². The number of unbranched alkanes of at least 4 members (excludes halogenated alkanes) is 1. The van der Waals surface area contributed by atoms with Gasteiger partial charge >= 0.3 is 0 Å². The first kappa shape index (κ1) is 37.8. The fraction of sp³-hybridized carbons (Fsp3) is 0.439. The van der Waals surface area contributed by atoms with Gasteiger partial charge in [0.05, 0.1) is 39.9 Å². The summed E-state index contributed by atoms with van der Waals surface area (Å²) in [6.07, 6.45) is 3.88. The quantitative estimate of drug-likeness (QED) is 0.186. The van der Waals surface area contributed by atoms with E-state index in [0.717, 1.165) is 43.1 Å². The Hall–Kier alpha value is -5.48. The molecule has 3 aliphatic heterocycles. The van der Waals surface area contributed by atoms with Crippen LogP contribution in [0.3, 0.4) is 0 Å². The minimum Gasteiger partial charge on any atom is -0.494 e. The largest absolute Gasteiger partial charge is 0.494 e. The molecule has 4 heterocycles. The molecule has 286 valence electrons. The molecular weight excluding hydrogens is 724 g/mol. The first-order valence-electron chi connectivity index (χ1n) is 18.5. The number of likely N-dealkylation sites (tertiary alicyclic amines) is 1.